The number of aromatic nitrogens is 2. The molecule has 5 rings (SSSR count). The fourth-order valence-electron chi connectivity index (χ4n) is 4.70. The number of thiocarbonyl (C=S) groups is 1. The second-order valence-corrected chi connectivity index (χ2v) is 8.84. The third-order valence-corrected chi connectivity index (χ3v) is 6.78. The molecule has 5 nitrogen and oxygen atoms in total. The molecule has 2 aromatic heterocycles. The summed E-state index contributed by atoms with van der Waals surface area (Å²) >= 11 is 5.90. The van der Waals surface area contributed by atoms with E-state index in [2.05, 4.69) is 88.2 Å². The first-order valence-corrected chi connectivity index (χ1v) is 11.9. The zero-order valence-corrected chi connectivity index (χ0v) is 20.4. The molecule has 4 aromatic rings. The van der Waals surface area contributed by atoms with Gasteiger partial charge in [-0.1, -0.05) is 25.1 Å². The van der Waals surface area contributed by atoms with Gasteiger partial charge in [0.1, 0.15) is 11.8 Å². The molecule has 1 aliphatic heterocycles. The number of hydrogen-bond acceptors (Lipinski definition) is 3. The van der Waals surface area contributed by atoms with E-state index in [1.807, 2.05) is 30.5 Å². The van der Waals surface area contributed by atoms with Crippen LogP contribution < -0.4 is 15.0 Å². The second kappa shape index (κ2) is 9.31. The highest BCUT2D eigenvalue weighted by atomic mass is 32.1. The molecule has 1 aliphatic rings. The normalized spacial score (nSPS) is 17.6. The van der Waals surface area contributed by atoms with Crippen LogP contribution in [0.5, 0.6) is 5.75 Å². The largest absolute Gasteiger partial charge is 0.497 e. The number of aryl methyl sites for hydroxylation is 2. The van der Waals surface area contributed by atoms with Crippen LogP contribution in [0.2, 0.25) is 0 Å². The number of nitrogens with zero attached hydrogens (tertiary/aromatic N) is 3. The van der Waals surface area contributed by atoms with E-state index in [0.29, 0.717) is 5.11 Å². The Hall–Kier alpha value is -3.64. The maximum absolute atomic E-state index is 5.90. The van der Waals surface area contributed by atoms with Crippen LogP contribution in [-0.2, 0) is 6.42 Å². The number of nitrogens with one attached hydrogen (secondary N) is 1. The molecule has 6 heteroatoms. The number of anilines is 1. The van der Waals surface area contributed by atoms with Crippen LogP contribution in [-0.4, -0.2) is 21.8 Å². The molecular formula is C28H28N4OS. The highest BCUT2D eigenvalue weighted by Crippen LogP contribution is 2.42. The van der Waals surface area contributed by atoms with Gasteiger partial charge in [0.2, 0.25) is 0 Å². The van der Waals surface area contributed by atoms with E-state index in [0.717, 1.165) is 40.6 Å². The molecule has 0 saturated carbocycles. The van der Waals surface area contributed by atoms with Gasteiger partial charge in [0, 0.05) is 29.0 Å². The lowest BCUT2D eigenvalue weighted by atomic mass is 10.0. The summed E-state index contributed by atoms with van der Waals surface area (Å²) in [5.74, 6) is 0.836. The SMILES string of the molecule is CCc1ccc(N2C(=S)N[C@H](c3ccccn3)[C@H]2c2ccc(C)n2-c2ccc(OC)cc2)cc1. The molecule has 0 bridgehead atoms. The number of methoxy groups -OCH3 is 1. The zero-order chi connectivity index (χ0) is 23.7. The van der Waals surface area contributed by atoms with E-state index in [9.17, 15) is 0 Å². The standard InChI is InChI=1S/C28H28N4OS/c1-4-20-9-11-22(12-10-20)32-27(26(30-28(32)34)24-7-5-6-18-29-24)25-17-8-19(2)31(25)21-13-15-23(33-3)16-14-21/h5-18,26-27H,4H2,1-3H3,(H,30,34)/t26-,27-/m1/s1. The van der Waals surface area contributed by atoms with Gasteiger partial charge in [-0.3, -0.25) is 4.98 Å². The Bertz CT molecular complexity index is 1280. The Labute approximate surface area is 206 Å². The fourth-order valence-corrected chi connectivity index (χ4v) is 5.05. The molecule has 3 heterocycles. The quantitative estimate of drug-likeness (QED) is 0.355. The van der Waals surface area contributed by atoms with Crippen molar-refractivity contribution < 1.29 is 4.74 Å². The Morgan fingerprint density at radius 3 is 2.32 bits per heavy atom. The lowest BCUT2D eigenvalue weighted by molar-refractivity contribution is 0.414. The topological polar surface area (TPSA) is 42.3 Å². The average molecular weight is 469 g/mol. The number of rotatable bonds is 6. The molecular weight excluding hydrogens is 440 g/mol. The predicted octanol–water partition coefficient (Wildman–Crippen LogP) is 5.93. The van der Waals surface area contributed by atoms with Gasteiger partial charge in [-0.05, 0) is 91.8 Å². The molecule has 172 valence electrons. The Balaban J connectivity index is 1.66. The molecule has 2 atom stereocenters. The van der Waals surface area contributed by atoms with Gasteiger partial charge in [-0.15, -0.1) is 0 Å². The predicted molar refractivity (Wildman–Crippen MR) is 141 cm³/mol. The minimum atomic E-state index is -0.0918. The van der Waals surface area contributed by atoms with Crippen LogP contribution in [0.25, 0.3) is 5.69 Å². The first-order chi connectivity index (χ1) is 16.6. The van der Waals surface area contributed by atoms with Crippen molar-refractivity contribution in [3.8, 4) is 11.4 Å². The van der Waals surface area contributed by atoms with Crippen molar-refractivity contribution >= 4 is 23.0 Å². The highest BCUT2D eigenvalue weighted by Gasteiger charge is 2.42. The van der Waals surface area contributed by atoms with Crippen LogP contribution >= 0.6 is 12.2 Å². The summed E-state index contributed by atoms with van der Waals surface area (Å²) in [7, 11) is 1.69. The molecule has 1 N–H and O–H groups in total. The van der Waals surface area contributed by atoms with Crippen molar-refractivity contribution in [2.75, 3.05) is 12.0 Å². The van der Waals surface area contributed by atoms with Gasteiger partial charge in [0.25, 0.3) is 0 Å². The molecule has 2 aromatic carbocycles. The van der Waals surface area contributed by atoms with E-state index in [4.69, 9.17) is 17.0 Å². The Kier molecular flexibility index (Phi) is 6.07. The summed E-state index contributed by atoms with van der Waals surface area (Å²) in [6, 6.07) is 27.1. The van der Waals surface area contributed by atoms with Crippen molar-refractivity contribution in [1.82, 2.24) is 14.9 Å². The molecule has 0 aliphatic carbocycles. The van der Waals surface area contributed by atoms with Crippen LogP contribution in [0, 0.1) is 6.92 Å². The van der Waals surface area contributed by atoms with E-state index in [-0.39, 0.29) is 12.1 Å². The first kappa shape index (κ1) is 22.2. The minimum absolute atomic E-state index is 0.0781. The van der Waals surface area contributed by atoms with Crippen LogP contribution in [0.4, 0.5) is 5.69 Å². The third-order valence-electron chi connectivity index (χ3n) is 6.46. The fraction of sp³-hybridized carbons (Fsp3) is 0.214. The summed E-state index contributed by atoms with van der Waals surface area (Å²) in [6.07, 6.45) is 2.84. The van der Waals surface area contributed by atoms with Gasteiger partial charge in [0.05, 0.1) is 18.8 Å². The van der Waals surface area contributed by atoms with Crippen LogP contribution in [0.1, 0.15) is 41.7 Å². The molecule has 0 amide bonds. The van der Waals surface area contributed by atoms with Gasteiger partial charge in [-0.25, -0.2) is 0 Å². The van der Waals surface area contributed by atoms with Gasteiger partial charge < -0.3 is 19.5 Å². The first-order valence-electron chi connectivity index (χ1n) is 11.5. The molecule has 34 heavy (non-hydrogen) atoms. The van der Waals surface area contributed by atoms with Crippen LogP contribution in [0.15, 0.2) is 85.1 Å². The summed E-state index contributed by atoms with van der Waals surface area (Å²) in [5.41, 5.74) is 6.71. The average Bonchev–Trinajstić information content (AvgIpc) is 3.44. The minimum Gasteiger partial charge on any atom is -0.497 e. The zero-order valence-electron chi connectivity index (χ0n) is 19.6. The van der Waals surface area contributed by atoms with Crippen molar-refractivity contribution in [3.63, 3.8) is 0 Å². The van der Waals surface area contributed by atoms with Gasteiger partial charge >= 0.3 is 0 Å². The molecule has 0 radical (unpaired) electrons. The Morgan fingerprint density at radius 1 is 0.941 bits per heavy atom. The monoisotopic (exact) mass is 468 g/mol. The highest BCUT2D eigenvalue weighted by molar-refractivity contribution is 7.80. The van der Waals surface area contributed by atoms with E-state index in [1.54, 1.807) is 7.11 Å². The number of ether oxygens (including phenoxy) is 1. The number of hydrogen-bond donors (Lipinski definition) is 1. The maximum Gasteiger partial charge on any atom is 0.174 e. The van der Waals surface area contributed by atoms with Gasteiger partial charge in [-0.2, -0.15) is 0 Å². The van der Waals surface area contributed by atoms with E-state index in [1.165, 1.54) is 5.56 Å². The maximum atomic E-state index is 5.90. The second-order valence-electron chi connectivity index (χ2n) is 8.45. The van der Waals surface area contributed by atoms with Crippen molar-refractivity contribution in [3.05, 3.63) is 108 Å². The summed E-state index contributed by atoms with van der Waals surface area (Å²) in [4.78, 5) is 6.91. The number of pyridine rings is 1. The van der Waals surface area contributed by atoms with Crippen molar-refractivity contribution in [2.45, 2.75) is 32.4 Å². The van der Waals surface area contributed by atoms with Crippen LogP contribution in [0.3, 0.4) is 0 Å². The lowest BCUT2D eigenvalue weighted by Crippen LogP contribution is -2.30. The van der Waals surface area contributed by atoms with Gasteiger partial charge in [0.15, 0.2) is 5.11 Å². The molecule has 1 saturated heterocycles. The summed E-state index contributed by atoms with van der Waals surface area (Å²) in [5, 5.41) is 4.26. The smallest absolute Gasteiger partial charge is 0.174 e. The van der Waals surface area contributed by atoms with E-state index < -0.39 is 0 Å². The summed E-state index contributed by atoms with van der Waals surface area (Å²) in [6.45, 7) is 4.30. The number of benzene rings is 2. The molecule has 0 unspecified atom stereocenters. The van der Waals surface area contributed by atoms with Crippen molar-refractivity contribution in [2.24, 2.45) is 0 Å². The van der Waals surface area contributed by atoms with Crippen molar-refractivity contribution in [1.29, 1.82) is 0 Å². The molecule has 1 fully saturated rings. The van der Waals surface area contributed by atoms with E-state index >= 15 is 0 Å². The Morgan fingerprint density at radius 2 is 1.68 bits per heavy atom. The summed E-state index contributed by atoms with van der Waals surface area (Å²) < 4.78 is 7.67. The third kappa shape index (κ3) is 3.94. The lowest BCUT2D eigenvalue weighted by Gasteiger charge is -2.29. The molecule has 0 spiro atoms.